The third-order valence-corrected chi connectivity index (χ3v) is 17.2. The van der Waals surface area contributed by atoms with Crippen molar-refractivity contribution in [2.45, 2.75) is 89.4 Å². The predicted octanol–water partition coefficient (Wildman–Crippen LogP) is 5.65. The molecule has 5 aromatic rings. The molecule has 0 radical (unpaired) electrons. The molecule has 3 aromatic carbocycles. The lowest BCUT2D eigenvalue weighted by molar-refractivity contribution is -0.136. The van der Waals surface area contributed by atoms with E-state index < -0.39 is 11.9 Å². The molecule has 8 aliphatic rings. The smallest absolute Gasteiger partial charge is 0.319 e. The molecular weight excluding hydrogens is 888 g/mol. The third-order valence-electron chi connectivity index (χ3n) is 17.2. The summed E-state index contributed by atoms with van der Waals surface area (Å²) in [5, 5.41) is 19.2. The zero-order valence-electron chi connectivity index (χ0n) is 39.9. The maximum Gasteiger partial charge on any atom is 0.319 e. The van der Waals surface area contributed by atoms with E-state index in [1.54, 1.807) is 23.2 Å². The molecular formula is C54H61FN10O5. The van der Waals surface area contributed by atoms with Crippen LogP contribution in [0.1, 0.15) is 79.8 Å². The molecule has 70 heavy (non-hydrogen) atoms. The average Bonchev–Trinajstić information content (AvgIpc) is 3.91. The van der Waals surface area contributed by atoms with Gasteiger partial charge in [0.05, 0.1) is 12.0 Å². The number of hydrogen-bond acceptors (Lipinski definition) is 13. The summed E-state index contributed by atoms with van der Waals surface area (Å²) >= 11 is 0. The molecule has 364 valence electrons. The normalized spacial score (nSPS) is 25.1. The molecule has 15 nitrogen and oxygen atoms in total. The number of carbonyl (C=O) groups is 3. The first-order valence-corrected chi connectivity index (χ1v) is 25.7. The minimum atomic E-state index is -0.598. The van der Waals surface area contributed by atoms with Gasteiger partial charge < -0.3 is 39.7 Å². The number of piperazine rings is 1. The average molecular weight is 949 g/mol. The fourth-order valence-corrected chi connectivity index (χ4v) is 13.2. The van der Waals surface area contributed by atoms with Crippen LogP contribution in [-0.2, 0) is 22.6 Å². The van der Waals surface area contributed by atoms with Gasteiger partial charge in [0.15, 0.2) is 5.82 Å². The Labute approximate surface area is 406 Å². The van der Waals surface area contributed by atoms with Gasteiger partial charge >= 0.3 is 6.01 Å². The summed E-state index contributed by atoms with van der Waals surface area (Å²) in [6.45, 7) is 13.1. The van der Waals surface area contributed by atoms with Gasteiger partial charge in [0, 0.05) is 112 Å². The van der Waals surface area contributed by atoms with Crippen molar-refractivity contribution in [3.05, 3.63) is 77.2 Å². The minimum Gasteiger partial charge on any atom is -0.508 e. The van der Waals surface area contributed by atoms with Crippen molar-refractivity contribution in [1.29, 1.82) is 0 Å². The van der Waals surface area contributed by atoms with E-state index in [2.05, 4.69) is 43.2 Å². The Hall–Kier alpha value is -5.97. The number of piperidine rings is 2. The summed E-state index contributed by atoms with van der Waals surface area (Å²) in [5.41, 5.74) is 5.11. The van der Waals surface area contributed by atoms with Crippen LogP contribution in [0, 0.1) is 22.6 Å². The van der Waals surface area contributed by atoms with Crippen molar-refractivity contribution in [1.82, 2.24) is 40.3 Å². The zero-order chi connectivity index (χ0) is 47.5. The first-order valence-electron chi connectivity index (χ1n) is 25.7. The Kier molecular flexibility index (Phi) is 10.6. The number of carbonyl (C=O) groups excluding carboxylic acids is 3. The lowest BCUT2D eigenvalue weighted by Crippen LogP contribution is -2.63. The van der Waals surface area contributed by atoms with Gasteiger partial charge in [-0.05, 0) is 122 Å². The first-order chi connectivity index (χ1) is 34.0. The molecule has 3 N–H and O–H groups in total. The number of ether oxygens (including phenoxy) is 1. The standard InChI is InChI=1S/C54H61FN10O5/c1-2-33-4-3-5-34-19-39(66)20-41(45(33)34)47-46(55)48-42(21-56-47)49(64-26-36-6-7-37(27-64)57-36)60-52(59-48)70-31-54(12-13-54)30-61-16-14-53(15-17-61)28-62(29-53)22-32-23-63(24-32)38-8-9-40-35(18-38)25-65(51(40)69)43-10-11-44(67)58-50(43)68/h3-5,8-9,18-21,32,36-37,43,57,66H,2,6-7,10-17,22-31H2,1H3,(H,58,67,68). The number of imide groups is 1. The van der Waals surface area contributed by atoms with Crippen molar-refractivity contribution in [3.8, 4) is 23.0 Å². The van der Waals surface area contributed by atoms with Crippen molar-refractivity contribution >= 4 is 50.9 Å². The molecule has 1 saturated carbocycles. The molecule has 7 aliphatic heterocycles. The topological polar surface area (TPSA) is 160 Å². The Morgan fingerprint density at radius 2 is 1.69 bits per heavy atom. The highest BCUT2D eigenvalue weighted by atomic mass is 19.1. The third kappa shape index (κ3) is 7.81. The zero-order valence-corrected chi connectivity index (χ0v) is 39.9. The monoisotopic (exact) mass is 948 g/mol. The highest BCUT2D eigenvalue weighted by molar-refractivity contribution is 6.06. The van der Waals surface area contributed by atoms with Crippen LogP contribution in [0.15, 0.2) is 54.7 Å². The number of rotatable bonds is 12. The Balaban J connectivity index is 0.631. The Morgan fingerprint density at radius 3 is 2.44 bits per heavy atom. The SMILES string of the molecule is CCc1cccc2cc(O)cc(-c3ncc4c(N5CC6CCC(C5)N6)nc(OCC5(CN6CCC7(CC6)CN(CC6CN(c8ccc9c(c8)CN(C8CCC(=O)NC8=O)C9=O)C6)C7)CC5)nc4c3F)c12. The summed E-state index contributed by atoms with van der Waals surface area (Å²) < 4.78 is 23.8. The number of pyridine rings is 1. The molecule has 16 heteroatoms. The van der Waals surface area contributed by atoms with Gasteiger partial charge in [-0.2, -0.15) is 9.97 Å². The number of aromatic hydroxyl groups is 1. The van der Waals surface area contributed by atoms with Crippen LogP contribution >= 0.6 is 0 Å². The second-order valence-electron chi connectivity index (χ2n) is 22.2. The molecule has 13 rings (SSSR count). The molecule has 6 saturated heterocycles. The van der Waals surface area contributed by atoms with Crippen LogP contribution in [-0.4, -0.2) is 143 Å². The molecule has 1 aliphatic carbocycles. The van der Waals surface area contributed by atoms with Gasteiger partial charge in [-0.1, -0.05) is 25.1 Å². The van der Waals surface area contributed by atoms with E-state index in [4.69, 9.17) is 19.7 Å². The summed E-state index contributed by atoms with van der Waals surface area (Å²) in [7, 11) is 0. The number of anilines is 2. The van der Waals surface area contributed by atoms with Crippen LogP contribution < -0.4 is 25.2 Å². The van der Waals surface area contributed by atoms with Gasteiger partial charge in [-0.15, -0.1) is 0 Å². The molecule has 2 aromatic heterocycles. The maximum atomic E-state index is 17.2. The molecule has 3 atom stereocenters. The number of hydrogen-bond donors (Lipinski definition) is 3. The van der Waals surface area contributed by atoms with E-state index >= 15 is 4.39 Å². The van der Waals surface area contributed by atoms with E-state index in [1.807, 2.05) is 30.3 Å². The van der Waals surface area contributed by atoms with Crippen LogP contribution in [0.3, 0.4) is 0 Å². The number of halogens is 1. The van der Waals surface area contributed by atoms with Crippen molar-refractivity contribution in [3.63, 3.8) is 0 Å². The summed E-state index contributed by atoms with van der Waals surface area (Å²) in [6, 6.07) is 15.6. The number of nitrogens with zero attached hydrogens (tertiary/aromatic N) is 8. The maximum absolute atomic E-state index is 17.2. The largest absolute Gasteiger partial charge is 0.508 e. The number of phenolic OH excluding ortho intramolecular Hbond substituents is 1. The van der Waals surface area contributed by atoms with E-state index in [0.717, 1.165) is 125 Å². The van der Waals surface area contributed by atoms with E-state index in [1.165, 1.54) is 12.8 Å². The van der Waals surface area contributed by atoms with Crippen molar-refractivity contribution in [2.24, 2.45) is 16.7 Å². The highest BCUT2D eigenvalue weighted by Gasteiger charge is 2.50. The fourth-order valence-electron chi connectivity index (χ4n) is 13.2. The van der Waals surface area contributed by atoms with E-state index in [9.17, 15) is 19.5 Å². The summed E-state index contributed by atoms with van der Waals surface area (Å²) in [5.74, 6) is 0.0184. The first kappa shape index (κ1) is 44.0. The van der Waals surface area contributed by atoms with Crippen molar-refractivity contribution in [2.75, 3.05) is 81.9 Å². The van der Waals surface area contributed by atoms with Crippen LogP contribution in [0.25, 0.3) is 32.9 Å². The fraction of sp³-hybridized carbons (Fsp3) is 0.519. The quantitative estimate of drug-likeness (QED) is 0.132. The number of likely N-dealkylation sites (tertiary alicyclic amines) is 2. The lowest BCUT2D eigenvalue weighted by Gasteiger charge is -2.56. The van der Waals surface area contributed by atoms with Gasteiger partial charge in [-0.25, -0.2) is 4.39 Å². The molecule has 7 fully saturated rings. The molecule has 9 heterocycles. The lowest BCUT2D eigenvalue weighted by atomic mass is 9.71. The molecule has 3 amide bonds. The minimum absolute atomic E-state index is 0.0269. The molecule has 1 spiro atoms. The molecule has 3 unspecified atom stereocenters. The number of aromatic nitrogens is 3. The van der Waals surface area contributed by atoms with Gasteiger partial charge in [-0.3, -0.25) is 24.7 Å². The Morgan fingerprint density at radius 1 is 0.886 bits per heavy atom. The second-order valence-corrected chi connectivity index (χ2v) is 22.2. The van der Waals surface area contributed by atoms with Gasteiger partial charge in [0.25, 0.3) is 5.91 Å². The number of benzene rings is 3. The second kappa shape index (κ2) is 16.8. The molecule has 2 bridgehead atoms. The highest BCUT2D eigenvalue weighted by Crippen LogP contribution is 2.49. The number of nitrogens with one attached hydrogen (secondary N) is 2. The summed E-state index contributed by atoms with van der Waals surface area (Å²) in [6.07, 6.45) is 9.87. The van der Waals surface area contributed by atoms with Crippen LogP contribution in [0.5, 0.6) is 11.8 Å². The number of amides is 3. The number of aryl methyl sites for hydroxylation is 1. The summed E-state index contributed by atoms with van der Waals surface area (Å²) in [4.78, 5) is 63.5. The predicted molar refractivity (Wildman–Crippen MR) is 263 cm³/mol. The van der Waals surface area contributed by atoms with Crippen LogP contribution in [0.4, 0.5) is 15.9 Å². The van der Waals surface area contributed by atoms with Gasteiger partial charge in [0.2, 0.25) is 11.8 Å². The Bertz CT molecular complexity index is 2950. The van der Waals surface area contributed by atoms with E-state index in [-0.39, 0.29) is 52.5 Å². The number of phenols is 1. The van der Waals surface area contributed by atoms with Crippen LogP contribution in [0.2, 0.25) is 0 Å². The van der Waals surface area contributed by atoms with Crippen molar-refractivity contribution < 1.29 is 28.6 Å². The van der Waals surface area contributed by atoms with E-state index in [0.29, 0.717) is 65.3 Å². The van der Waals surface area contributed by atoms with Gasteiger partial charge in [0.1, 0.15) is 28.8 Å². The number of fused-ring (bicyclic) bond motifs is 5.